The topological polar surface area (TPSA) is 90.7 Å². The lowest BCUT2D eigenvalue weighted by atomic mass is 9.90. The van der Waals surface area contributed by atoms with E-state index < -0.39 is 17.3 Å². The fraction of sp³-hybridized carbons (Fsp3) is 0.290. The summed E-state index contributed by atoms with van der Waals surface area (Å²) in [6.45, 7) is 5.76. The minimum absolute atomic E-state index is 0.0938. The summed E-state index contributed by atoms with van der Waals surface area (Å²) < 4.78 is 15.4. The van der Waals surface area contributed by atoms with Crippen LogP contribution in [0.4, 0.5) is 4.39 Å². The number of likely N-dealkylation sites (N-methyl/N-ethyl adjacent to an activating group) is 1. The van der Waals surface area contributed by atoms with Crippen LogP contribution in [0.5, 0.6) is 0 Å². The number of fused-ring (bicyclic) bond motifs is 1. The standard InChI is InChI=1S/C31H36FN5O2/c1-6-20-7-9-21(10-8-20)29(38)31(2,3)36(5)30(39)25-13-11-22(15-26(25)32)27-18-35-28-14-12-23(19-37(27)28)24(16-33)17-34-4/h7-15,17-19,28,34-35H,6,16,33H2,1-5H3/b24-17+. The van der Waals surface area contributed by atoms with Gasteiger partial charge in [0.25, 0.3) is 5.91 Å². The molecule has 2 aliphatic rings. The van der Waals surface area contributed by atoms with E-state index in [1.54, 1.807) is 32.0 Å². The molecule has 0 spiro atoms. The van der Waals surface area contributed by atoms with Gasteiger partial charge >= 0.3 is 0 Å². The van der Waals surface area contributed by atoms with Crippen LogP contribution in [0.2, 0.25) is 0 Å². The number of hydrogen-bond acceptors (Lipinski definition) is 6. The summed E-state index contributed by atoms with van der Waals surface area (Å²) in [6, 6.07) is 11.9. The largest absolute Gasteiger partial charge is 0.394 e. The number of carbonyl (C=O) groups is 2. The molecular formula is C31H36FN5O2. The molecule has 0 fully saturated rings. The lowest BCUT2D eigenvalue weighted by Gasteiger charge is -2.34. The van der Waals surface area contributed by atoms with E-state index in [-0.39, 0.29) is 17.5 Å². The molecule has 1 unspecified atom stereocenters. The number of nitrogens with zero attached hydrogens (tertiary/aromatic N) is 2. The maximum absolute atomic E-state index is 15.4. The van der Waals surface area contributed by atoms with Crippen LogP contribution in [0.25, 0.3) is 5.70 Å². The Morgan fingerprint density at radius 2 is 1.92 bits per heavy atom. The molecule has 0 bridgehead atoms. The maximum atomic E-state index is 15.4. The van der Waals surface area contributed by atoms with Crippen LogP contribution in [0, 0.1) is 5.82 Å². The van der Waals surface area contributed by atoms with E-state index in [4.69, 9.17) is 5.73 Å². The number of ketones is 1. The molecule has 8 heteroatoms. The highest BCUT2D eigenvalue weighted by Crippen LogP contribution is 2.32. The molecule has 4 N–H and O–H groups in total. The highest BCUT2D eigenvalue weighted by molar-refractivity contribution is 6.06. The molecule has 0 saturated carbocycles. The van der Waals surface area contributed by atoms with Crippen LogP contribution in [-0.2, 0) is 6.42 Å². The zero-order valence-corrected chi connectivity index (χ0v) is 23.1. The second kappa shape index (κ2) is 11.3. The Morgan fingerprint density at radius 1 is 1.21 bits per heavy atom. The lowest BCUT2D eigenvalue weighted by Crippen LogP contribution is -2.51. The maximum Gasteiger partial charge on any atom is 0.257 e. The van der Waals surface area contributed by atoms with Crippen LogP contribution >= 0.6 is 0 Å². The summed E-state index contributed by atoms with van der Waals surface area (Å²) in [6.07, 6.45) is 10.4. The average molecular weight is 530 g/mol. The van der Waals surface area contributed by atoms with Gasteiger partial charge in [-0.25, -0.2) is 4.39 Å². The van der Waals surface area contributed by atoms with Crippen molar-refractivity contribution in [3.63, 3.8) is 0 Å². The van der Waals surface area contributed by atoms with Gasteiger partial charge in [0.05, 0.1) is 11.3 Å². The molecule has 0 radical (unpaired) electrons. The predicted molar refractivity (Wildman–Crippen MR) is 153 cm³/mol. The molecule has 2 heterocycles. The van der Waals surface area contributed by atoms with Gasteiger partial charge in [-0.3, -0.25) is 9.59 Å². The van der Waals surface area contributed by atoms with E-state index in [9.17, 15) is 9.59 Å². The highest BCUT2D eigenvalue weighted by Gasteiger charge is 2.37. The molecule has 2 aromatic carbocycles. The van der Waals surface area contributed by atoms with Gasteiger partial charge in [-0.05, 0) is 55.2 Å². The molecule has 204 valence electrons. The van der Waals surface area contributed by atoms with Crippen molar-refractivity contribution in [1.29, 1.82) is 0 Å². The Morgan fingerprint density at radius 3 is 2.54 bits per heavy atom. The number of nitrogens with two attached hydrogens (primary N) is 1. The summed E-state index contributed by atoms with van der Waals surface area (Å²) in [5, 5.41) is 6.29. The number of hydrogen-bond donors (Lipinski definition) is 3. The van der Waals surface area contributed by atoms with Crippen molar-refractivity contribution >= 4 is 17.4 Å². The van der Waals surface area contributed by atoms with E-state index >= 15 is 4.39 Å². The fourth-order valence-corrected chi connectivity index (χ4v) is 4.69. The molecule has 39 heavy (non-hydrogen) atoms. The van der Waals surface area contributed by atoms with E-state index in [0.717, 1.165) is 28.8 Å². The first-order chi connectivity index (χ1) is 18.6. The normalized spacial score (nSPS) is 16.7. The first kappa shape index (κ1) is 27.9. The van der Waals surface area contributed by atoms with Crippen LogP contribution < -0.4 is 16.4 Å². The quantitative estimate of drug-likeness (QED) is 0.423. The first-order valence-electron chi connectivity index (χ1n) is 13.1. The average Bonchev–Trinajstić information content (AvgIpc) is 3.38. The van der Waals surface area contributed by atoms with E-state index in [0.29, 0.717) is 17.7 Å². The number of carbonyl (C=O) groups excluding carboxylic acids is 2. The summed E-state index contributed by atoms with van der Waals surface area (Å²) in [5.41, 5.74) is 9.54. The lowest BCUT2D eigenvalue weighted by molar-refractivity contribution is 0.0538. The minimum atomic E-state index is -1.18. The summed E-state index contributed by atoms with van der Waals surface area (Å²) >= 11 is 0. The highest BCUT2D eigenvalue weighted by atomic mass is 19.1. The van der Waals surface area contributed by atoms with Gasteiger partial charge < -0.3 is 26.2 Å². The van der Waals surface area contributed by atoms with Crippen molar-refractivity contribution in [2.75, 3.05) is 20.6 Å². The van der Waals surface area contributed by atoms with Crippen LogP contribution in [-0.4, -0.2) is 53.8 Å². The molecule has 1 atom stereocenters. The Labute approximate surface area is 229 Å². The Kier molecular flexibility index (Phi) is 8.06. The number of Topliss-reactive ketones (excluding diaryl/α,β-unsaturated/α-hetero) is 1. The number of rotatable bonds is 9. The molecule has 1 amide bonds. The molecule has 2 aromatic rings. The number of halogens is 1. The van der Waals surface area contributed by atoms with Crippen molar-refractivity contribution in [3.8, 4) is 0 Å². The number of amides is 1. The SMILES string of the molecule is CCc1ccc(C(=O)C(C)(C)N(C)C(=O)c2ccc(C3=CNC4C=CC(/C(=C/NC)CN)=CN34)cc2F)cc1. The zero-order valence-electron chi connectivity index (χ0n) is 23.1. The third-order valence-electron chi connectivity index (χ3n) is 7.43. The summed E-state index contributed by atoms with van der Waals surface area (Å²) in [7, 11) is 3.35. The summed E-state index contributed by atoms with van der Waals surface area (Å²) in [5.74, 6) is -1.43. The predicted octanol–water partition coefficient (Wildman–Crippen LogP) is 4.17. The summed E-state index contributed by atoms with van der Waals surface area (Å²) in [4.78, 5) is 30.0. The Bertz CT molecular complexity index is 1390. The Hall–Kier alpha value is -4.17. The molecule has 0 aromatic heterocycles. The minimum Gasteiger partial charge on any atom is -0.394 e. The number of benzene rings is 2. The van der Waals surface area contributed by atoms with Crippen molar-refractivity contribution in [2.45, 2.75) is 38.9 Å². The second-order valence-electron chi connectivity index (χ2n) is 10.2. The van der Waals surface area contributed by atoms with E-state index in [2.05, 4.69) is 10.6 Å². The fourth-order valence-electron chi connectivity index (χ4n) is 4.69. The van der Waals surface area contributed by atoms with Gasteiger partial charge in [0, 0.05) is 50.4 Å². The Balaban J connectivity index is 1.56. The third-order valence-corrected chi connectivity index (χ3v) is 7.43. The molecule has 0 aliphatic carbocycles. The number of nitrogens with one attached hydrogen (secondary N) is 2. The molecule has 4 rings (SSSR count). The molecule has 7 nitrogen and oxygen atoms in total. The van der Waals surface area contributed by atoms with Crippen molar-refractivity contribution in [2.24, 2.45) is 5.73 Å². The van der Waals surface area contributed by atoms with E-state index in [1.807, 2.05) is 61.8 Å². The third kappa shape index (κ3) is 5.38. The molecule has 0 saturated heterocycles. The van der Waals surface area contributed by atoms with Crippen molar-refractivity contribution < 1.29 is 14.0 Å². The second-order valence-corrected chi connectivity index (χ2v) is 10.2. The van der Waals surface area contributed by atoms with Crippen LogP contribution in [0.1, 0.15) is 52.6 Å². The van der Waals surface area contributed by atoms with Gasteiger partial charge in [-0.1, -0.05) is 43.3 Å². The van der Waals surface area contributed by atoms with Crippen molar-refractivity contribution in [1.82, 2.24) is 20.4 Å². The van der Waals surface area contributed by atoms with E-state index in [1.165, 1.54) is 24.1 Å². The van der Waals surface area contributed by atoms with Gasteiger partial charge in [0.15, 0.2) is 5.78 Å². The van der Waals surface area contributed by atoms with Gasteiger partial charge in [-0.2, -0.15) is 0 Å². The number of aryl methyl sites for hydroxylation is 1. The first-order valence-corrected chi connectivity index (χ1v) is 13.1. The molecule has 2 aliphatic heterocycles. The van der Waals surface area contributed by atoms with Gasteiger partial charge in [-0.15, -0.1) is 0 Å². The van der Waals surface area contributed by atoms with Crippen LogP contribution in [0.3, 0.4) is 0 Å². The van der Waals surface area contributed by atoms with Crippen LogP contribution in [0.15, 0.2) is 84.4 Å². The smallest absolute Gasteiger partial charge is 0.257 e. The van der Waals surface area contributed by atoms with Gasteiger partial charge in [0.1, 0.15) is 17.5 Å². The monoisotopic (exact) mass is 529 g/mol. The number of allylic oxidation sites excluding steroid dienone is 1. The van der Waals surface area contributed by atoms with Gasteiger partial charge in [0.2, 0.25) is 0 Å². The zero-order chi connectivity index (χ0) is 28.3. The molecular weight excluding hydrogens is 493 g/mol. The van der Waals surface area contributed by atoms with Crippen molar-refractivity contribution in [3.05, 3.63) is 112 Å².